The highest BCUT2D eigenvalue weighted by molar-refractivity contribution is 5.94. The lowest BCUT2D eigenvalue weighted by Gasteiger charge is -2.33. The molecule has 1 atom stereocenters. The summed E-state index contributed by atoms with van der Waals surface area (Å²) in [7, 11) is 1.34. The van der Waals surface area contributed by atoms with Crippen LogP contribution in [0.1, 0.15) is 35.6 Å². The van der Waals surface area contributed by atoms with Gasteiger partial charge in [-0.25, -0.2) is 4.79 Å². The van der Waals surface area contributed by atoms with Crippen LogP contribution in [0.3, 0.4) is 0 Å². The Bertz CT molecular complexity index is 452. The molecule has 1 saturated heterocycles. The predicted octanol–water partition coefficient (Wildman–Crippen LogP) is 1.76. The largest absolute Gasteiger partial charge is 0.467 e. The van der Waals surface area contributed by atoms with Gasteiger partial charge in [-0.05, 0) is 38.3 Å². The molecule has 1 fully saturated rings. The zero-order valence-corrected chi connectivity index (χ0v) is 10.6. The van der Waals surface area contributed by atoms with Crippen LogP contribution >= 0.6 is 0 Å². The number of aryl methyl sites for hydroxylation is 1. The normalized spacial score (nSPS) is 19.7. The van der Waals surface area contributed by atoms with Crippen LogP contribution < -0.4 is 0 Å². The molecule has 1 aliphatic heterocycles. The minimum atomic E-state index is -0.485. The lowest BCUT2D eigenvalue weighted by Crippen LogP contribution is -2.48. The van der Waals surface area contributed by atoms with Crippen molar-refractivity contribution in [3.05, 3.63) is 23.7 Å². The summed E-state index contributed by atoms with van der Waals surface area (Å²) in [6.45, 7) is 2.35. The molecule has 0 bridgehead atoms. The summed E-state index contributed by atoms with van der Waals surface area (Å²) in [5.41, 5.74) is 0. The van der Waals surface area contributed by atoms with Crippen LogP contribution in [-0.4, -0.2) is 36.5 Å². The summed E-state index contributed by atoms with van der Waals surface area (Å²) < 4.78 is 10.1. The highest BCUT2D eigenvalue weighted by Crippen LogP contribution is 2.21. The van der Waals surface area contributed by atoms with Crippen molar-refractivity contribution in [3.63, 3.8) is 0 Å². The maximum atomic E-state index is 12.3. The van der Waals surface area contributed by atoms with Crippen LogP contribution in [0.5, 0.6) is 0 Å². The lowest BCUT2D eigenvalue weighted by molar-refractivity contribution is -0.147. The zero-order valence-electron chi connectivity index (χ0n) is 10.6. The number of methoxy groups -OCH3 is 1. The molecule has 5 heteroatoms. The molecule has 98 valence electrons. The Morgan fingerprint density at radius 3 is 2.78 bits per heavy atom. The Morgan fingerprint density at radius 1 is 1.39 bits per heavy atom. The Hall–Kier alpha value is -1.78. The van der Waals surface area contributed by atoms with Gasteiger partial charge in [-0.15, -0.1) is 0 Å². The van der Waals surface area contributed by atoms with Gasteiger partial charge in [-0.2, -0.15) is 0 Å². The predicted molar refractivity (Wildman–Crippen MR) is 64.1 cm³/mol. The van der Waals surface area contributed by atoms with Gasteiger partial charge in [0.2, 0.25) is 0 Å². The zero-order chi connectivity index (χ0) is 13.1. The third kappa shape index (κ3) is 2.39. The van der Waals surface area contributed by atoms with Crippen LogP contribution in [0, 0.1) is 6.92 Å². The Labute approximate surface area is 106 Å². The number of hydrogen-bond donors (Lipinski definition) is 0. The van der Waals surface area contributed by atoms with Gasteiger partial charge in [0.1, 0.15) is 11.8 Å². The molecule has 0 spiro atoms. The molecular weight excluding hydrogens is 234 g/mol. The van der Waals surface area contributed by atoms with Crippen molar-refractivity contribution in [1.29, 1.82) is 0 Å². The number of nitrogens with zero attached hydrogens (tertiary/aromatic N) is 1. The summed E-state index contributed by atoms with van der Waals surface area (Å²) in [5, 5.41) is 0. The molecule has 0 radical (unpaired) electrons. The van der Waals surface area contributed by atoms with Crippen LogP contribution in [0.2, 0.25) is 0 Å². The topological polar surface area (TPSA) is 59.8 Å². The molecule has 0 aliphatic carbocycles. The molecule has 1 amide bonds. The number of carbonyl (C=O) groups excluding carboxylic acids is 2. The average molecular weight is 251 g/mol. The number of amides is 1. The van der Waals surface area contributed by atoms with Gasteiger partial charge in [0.15, 0.2) is 5.76 Å². The molecular formula is C13H17NO4. The fourth-order valence-corrected chi connectivity index (χ4v) is 2.25. The minimum absolute atomic E-state index is 0.238. The Morgan fingerprint density at radius 2 is 2.17 bits per heavy atom. The number of esters is 1. The van der Waals surface area contributed by atoms with E-state index < -0.39 is 6.04 Å². The first-order chi connectivity index (χ1) is 8.63. The third-order valence-electron chi connectivity index (χ3n) is 3.19. The molecule has 1 aromatic rings. The van der Waals surface area contributed by atoms with Crippen molar-refractivity contribution in [2.75, 3.05) is 13.7 Å². The molecule has 18 heavy (non-hydrogen) atoms. The number of furan rings is 1. The molecule has 0 aromatic carbocycles. The van der Waals surface area contributed by atoms with E-state index in [9.17, 15) is 9.59 Å². The molecule has 1 unspecified atom stereocenters. The van der Waals surface area contributed by atoms with Crippen molar-refractivity contribution >= 4 is 11.9 Å². The van der Waals surface area contributed by atoms with Crippen molar-refractivity contribution < 1.29 is 18.7 Å². The quantitative estimate of drug-likeness (QED) is 0.751. The van der Waals surface area contributed by atoms with E-state index >= 15 is 0 Å². The standard InChI is InChI=1S/C13H17NO4/c1-9-6-7-11(18-9)12(15)14-8-4-3-5-10(14)13(16)17-2/h6-7,10H,3-5,8H2,1-2H3. The monoisotopic (exact) mass is 251 g/mol. The van der Waals surface area contributed by atoms with Crippen LogP contribution in [-0.2, 0) is 9.53 Å². The van der Waals surface area contributed by atoms with Crippen molar-refractivity contribution in [3.8, 4) is 0 Å². The molecule has 2 rings (SSSR count). The van der Waals surface area contributed by atoms with Gasteiger partial charge < -0.3 is 14.1 Å². The van der Waals surface area contributed by atoms with Crippen LogP contribution in [0.4, 0.5) is 0 Å². The molecule has 2 heterocycles. The number of likely N-dealkylation sites (tertiary alicyclic amines) is 1. The number of piperidine rings is 1. The number of ether oxygens (including phenoxy) is 1. The Balaban J connectivity index is 2.18. The van der Waals surface area contributed by atoms with Crippen molar-refractivity contribution in [2.45, 2.75) is 32.2 Å². The highest BCUT2D eigenvalue weighted by atomic mass is 16.5. The summed E-state index contributed by atoms with van der Waals surface area (Å²) in [4.78, 5) is 25.5. The second kappa shape index (κ2) is 5.25. The fourth-order valence-electron chi connectivity index (χ4n) is 2.25. The lowest BCUT2D eigenvalue weighted by atomic mass is 10.0. The molecule has 5 nitrogen and oxygen atoms in total. The highest BCUT2D eigenvalue weighted by Gasteiger charge is 2.34. The third-order valence-corrected chi connectivity index (χ3v) is 3.19. The second-order valence-electron chi connectivity index (χ2n) is 4.44. The van der Waals surface area contributed by atoms with E-state index in [0.29, 0.717) is 18.7 Å². The van der Waals surface area contributed by atoms with E-state index in [0.717, 1.165) is 12.8 Å². The summed E-state index contributed by atoms with van der Waals surface area (Å²) >= 11 is 0. The first-order valence-corrected chi connectivity index (χ1v) is 6.08. The average Bonchev–Trinajstić information content (AvgIpc) is 2.83. The summed E-state index contributed by atoms with van der Waals surface area (Å²) in [5.74, 6) is 0.373. The van der Waals surface area contributed by atoms with Crippen molar-refractivity contribution in [2.24, 2.45) is 0 Å². The van der Waals surface area contributed by atoms with Crippen molar-refractivity contribution in [1.82, 2.24) is 4.90 Å². The number of hydrogen-bond acceptors (Lipinski definition) is 4. The molecule has 1 aliphatic rings. The van der Waals surface area contributed by atoms with E-state index in [1.54, 1.807) is 24.0 Å². The van der Waals surface area contributed by atoms with Gasteiger partial charge in [0.05, 0.1) is 7.11 Å². The SMILES string of the molecule is COC(=O)C1CCCCN1C(=O)c1ccc(C)o1. The van der Waals surface area contributed by atoms with Gasteiger partial charge in [0, 0.05) is 6.54 Å². The van der Waals surface area contributed by atoms with E-state index in [2.05, 4.69) is 0 Å². The number of carbonyl (C=O) groups is 2. The van der Waals surface area contributed by atoms with Gasteiger partial charge in [-0.1, -0.05) is 0 Å². The second-order valence-corrected chi connectivity index (χ2v) is 4.44. The first-order valence-electron chi connectivity index (χ1n) is 6.08. The molecule has 0 N–H and O–H groups in total. The smallest absolute Gasteiger partial charge is 0.328 e. The molecule has 0 saturated carbocycles. The maximum Gasteiger partial charge on any atom is 0.328 e. The minimum Gasteiger partial charge on any atom is -0.467 e. The van der Waals surface area contributed by atoms with Crippen LogP contribution in [0.25, 0.3) is 0 Å². The van der Waals surface area contributed by atoms with Gasteiger partial charge in [0.25, 0.3) is 5.91 Å². The van der Waals surface area contributed by atoms with E-state index in [4.69, 9.17) is 9.15 Å². The van der Waals surface area contributed by atoms with Gasteiger partial charge in [-0.3, -0.25) is 4.79 Å². The summed E-state index contributed by atoms with van der Waals surface area (Å²) in [6, 6.07) is 2.90. The van der Waals surface area contributed by atoms with Crippen LogP contribution in [0.15, 0.2) is 16.5 Å². The Kier molecular flexibility index (Phi) is 3.69. The van der Waals surface area contributed by atoms with Gasteiger partial charge >= 0.3 is 5.97 Å². The summed E-state index contributed by atoms with van der Waals surface area (Å²) in [6.07, 6.45) is 2.48. The molecule has 1 aromatic heterocycles. The van der Waals surface area contributed by atoms with E-state index in [-0.39, 0.29) is 17.6 Å². The maximum absolute atomic E-state index is 12.3. The first kappa shape index (κ1) is 12.7. The fraction of sp³-hybridized carbons (Fsp3) is 0.538. The van der Waals surface area contributed by atoms with E-state index in [1.165, 1.54) is 7.11 Å². The number of rotatable bonds is 2. The van der Waals surface area contributed by atoms with E-state index in [1.807, 2.05) is 0 Å².